The molecule has 1 saturated heterocycles. The van der Waals surface area contributed by atoms with Gasteiger partial charge in [0.15, 0.2) is 0 Å². The minimum absolute atomic E-state index is 0.556. The number of hydrogen-bond donors (Lipinski definition) is 2. The third-order valence-corrected chi connectivity index (χ3v) is 6.45. The van der Waals surface area contributed by atoms with Crippen LogP contribution in [0.3, 0.4) is 0 Å². The number of benzene rings is 2. The van der Waals surface area contributed by atoms with E-state index < -0.39 is 0 Å². The molecule has 0 atom stereocenters. The molecule has 0 saturated carbocycles. The average Bonchev–Trinajstić information content (AvgIpc) is 3.14. The van der Waals surface area contributed by atoms with Gasteiger partial charge in [-0.1, -0.05) is 23.6 Å². The van der Waals surface area contributed by atoms with Crippen molar-refractivity contribution in [2.24, 2.45) is 0 Å². The summed E-state index contributed by atoms with van der Waals surface area (Å²) in [6, 6.07) is 17.1. The Morgan fingerprint density at radius 3 is 2.59 bits per heavy atom. The monoisotopic (exact) mass is 468 g/mol. The number of piperidine rings is 1. The average molecular weight is 469 g/mol. The van der Waals surface area contributed by atoms with Crippen molar-refractivity contribution in [3.8, 4) is 11.8 Å². The SMILES string of the molecule is CN1CCC(NCc2ccc3c(c2)cc(C#CCNc2ccc(Cl)cc2)n3CCCl)CC1. The number of halogens is 2. The number of nitrogens with one attached hydrogen (secondary N) is 2. The van der Waals surface area contributed by atoms with Crippen LogP contribution in [0.1, 0.15) is 24.1 Å². The predicted molar refractivity (Wildman–Crippen MR) is 137 cm³/mol. The Labute approximate surface area is 200 Å². The van der Waals surface area contributed by atoms with Gasteiger partial charge < -0.3 is 20.1 Å². The van der Waals surface area contributed by atoms with Crippen LogP contribution in [-0.4, -0.2) is 48.1 Å². The Kier molecular flexibility index (Phi) is 8.00. The van der Waals surface area contributed by atoms with Crippen LogP contribution in [0.2, 0.25) is 5.02 Å². The standard InChI is InChI=1S/C26H30Cl2N4/c1-31-14-10-24(11-15-31)30-19-20-4-9-26-21(17-20)18-25(32(26)16-12-27)3-2-13-29-23-7-5-22(28)6-8-23/h4-9,17-18,24,29-30H,10-16,19H2,1H3. The highest BCUT2D eigenvalue weighted by atomic mass is 35.5. The first-order valence-electron chi connectivity index (χ1n) is 11.2. The van der Waals surface area contributed by atoms with Crippen molar-refractivity contribution < 1.29 is 0 Å². The fourth-order valence-electron chi connectivity index (χ4n) is 4.18. The van der Waals surface area contributed by atoms with Gasteiger partial charge in [0.25, 0.3) is 0 Å². The maximum atomic E-state index is 6.09. The second-order valence-corrected chi connectivity index (χ2v) is 9.20. The van der Waals surface area contributed by atoms with Gasteiger partial charge in [0.1, 0.15) is 0 Å². The van der Waals surface area contributed by atoms with Crippen LogP contribution >= 0.6 is 23.2 Å². The van der Waals surface area contributed by atoms with Crippen LogP contribution in [0.4, 0.5) is 5.69 Å². The van der Waals surface area contributed by atoms with E-state index >= 15 is 0 Å². The minimum atomic E-state index is 0.556. The summed E-state index contributed by atoms with van der Waals surface area (Å²) in [7, 11) is 2.20. The van der Waals surface area contributed by atoms with E-state index in [1.807, 2.05) is 24.3 Å². The topological polar surface area (TPSA) is 32.2 Å². The van der Waals surface area contributed by atoms with Crippen LogP contribution < -0.4 is 10.6 Å². The maximum absolute atomic E-state index is 6.09. The lowest BCUT2D eigenvalue weighted by atomic mass is 10.0. The Balaban J connectivity index is 1.44. The Morgan fingerprint density at radius 1 is 1.06 bits per heavy atom. The highest BCUT2D eigenvalue weighted by molar-refractivity contribution is 6.30. The second kappa shape index (κ2) is 11.1. The first-order valence-corrected chi connectivity index (χ1v) is 12.1. The Morgan fingerprint density at radius 2 is 1.84 bits per heavy atom. The van der Waals surface area contributed by atoms with Crippen molar-refractivity contribution in [1.29, 1.82) is 0 Å². The quantitative estimate of drug-likeness (QED) is 0.370. The van der Waals surface area contributed by atoms with Gasteiger partial charge in [0, 0.05) is 46.6 Å². The van der Waals surface area contributed by atoms with Gasteiger partial charge >= 0.3 is 0 Å². The maximum Gasteiger partial charge on any atom is 0.0931 e. The van der Waals surface area contributed by atoms with Crippen molar-refractivity contribution in [2.45, 2.75) is 32.0 Å². The molecular formula is C26H30Cl2N4. The van der Waals surface area contributed by atoms with E-state index in [9.17, 15) is 0 Å². The summed E-state index contributed by atoms with van der Waals surface area (Å²) in [6.45, 7) is 4.56. The van der Waals surface area contributed by atoms with E-state index in [0.717, 1.165) is 29.5 Å². The van der Waals surface area contributed by atoms with E-state index in [2.05, 4.69) is 63.3 Å². The van der Waals surface area contributed by atoms with Crippen LogP contribution in [-0.2, 0) is 13.1 Å². The third-order valence-electron chi connectivity index (χ3n) is 6.03. The van der Waals surface area contributed by atoms with Crippen LogP contribution in [0.25, 0.3) is 10.9 Å². The first kappa shape index (κ1) is 23.0. The molecule has 0 spiro atoms. The highest BCUT2D eigenvalue weighted by Gasteiger charge is 2.16. The molecule has 2 aromatic carbocycles. The fraction of sp³-hybridized carbons (Fsp3) is 0.385. The number of likely N-dealkylation sites (tertiary alicyclic amines) is 1. The lowest BCUT2D eigenvalue weighted by molar-refractivity contribution is 0.234. The molecule has 3 aromatic rings. The number of rotatable bonds is 7. The van der Waals surface area contributed by atoms with Crippen LogP contribution in [0.15, 0.2) is 48.5 Å². The predicted octanol–water partition coefficient (Wildman–Crippen LogP) is 5.18. The number of aromatic nitrogens is 1. The van der Waals surface area contributed by atoms with Crippen molar-refractivity contribution in [2.75, 3.05) is 37.9 Å². The van der Waals surface area contributed by atoms with E-state index in [4.69, 9.17) is 23.2 Å². The molecule has 0 amide bonds. The van der Waals surface area contributed by atoms with Crippen molar-refractivity contribution in [1.82, 2.24) is 14.8 Å². The second-order valence-electron chi connectivity index (χ2n) is 8.38. The molecule has 6 heteroatoms. The smallest absolute Gasteiger partial charge is 0.0931 e. The van der Waals surface area contributed by atoms with E-state index in [-0.39, 0.29) is 0 Å². The zero-order chi connectivity index (χ0) is 22.3. The van der Waals surface area contributed by atoms with Crippen molar-refractivity contribution >= 4 is 39.8 Å². The van der Waals surface area contributed by atoms with Crippen LogP contribution in [0, 0.1) is 11.8 Å². The Hall–Kier alpha value is -2.16. The molecule has 2 N–H and O–H groups in total. The molecule has 0 aliphatic carbocycles. The van der Waals surface area contributed by atoms with Crippen molar-refractivity contribution in [3.05, 3.63) is 64.8 Å². The molecule has 32 heavy (non-hydrogen) atoms. The number of aryl methyl sites for hydroxylation is 1. The molecule has 1 fully saturated rings. The van der Waals surface area contributed by atoms with Crippen molar-refractivity contribution in [3.63, 3.8) is 0 Å². The van der Waals surface area contributed by atoms with E-state index in [1.165, 1.54) is 42.4 Å². The lowest BCUT2D eigenvalue weighted by Crippen LogP contribution is -2.40. The molecule has 1 aliphatic heterocycles. The molecule has 1 aromatic heterocycles. The van der Waals surface area contributed by atoms with Gasteiger partial charge in [-0.05, 0) is 86.9 Å². The number of hydrogen-bond acceptors (Lipinski definition) is 3. The zero-order valence-corrected chi connectivity index (χ0v) is 20.0. The molecule has 0 unspecified atom stereocenters. The molecule has 2 heterocycles. The number of anilines is 1. The van der Waals surface area contributed by atoms with Gasteiger partial charge in [-0.2, -0.15) is 0 Å². The summed E-state index contributed by atoms with van der Waals surface area (Å²) < 4.78 is 2.21. The molecule has 0 radical (unpaired) electrons. The van der Waals surface area contributed by atoms with Gasteiger partial charge in [0.2, 0.25) is 0 Å². The third kappa shape index (κ3) is 5.99. The Bertz CT molecular complexity index is 1090. The summed E-state index contributed by atoms with van der Waals surface area (Å²) in [5, 5.41) is 8.98. The normalized spacial score (nSPS) is 15.0. The van der Waals surface area contributed by atoms with Gasteiger partial charge in [0.05, 0.1) is 12.2 Å². The number of nitrogens with zero attached hydrogens (tertiary/aromatic N) is 2. The van der Waals surface area contributed by atoms with Crippen LogP contribution in [0.5, 0.6) is 0 Å². The largest absolute Gasteiger partial charge is 0.374 e. The fourth-order valence-corrected chi connectivity index (χ4v) is 4.48. The molecule has 0 bridgehead atoms. The molecule has 4 rings (SSSR count). The van der Waals surface area contributed by atoms with Gasteiger partial charge in [-0.25, -0.2) is 0 Å². The number of alkyl halides is 1. The first-order chi connectivity index (χ1) is 15.6. The molecule has 4 nitrogen and oxygen atoms in total. The molecule has 168 valence electrons. The highest BCUT2D eigenvalue weighted by Crippen LogP contribution is 2.22. The lowest BCUT2D eigenvalue weighted by Gasteiger charge is -2.29. The zero-order valence-electron chi connectivity index (χ0n) is 18.5. The van der Waals surface area contributed by atoms with Gasteiger partial charge in [-0.15, -0.1) is 11.6 Å². The number of fused-ring (bicyclic) bond motifs is 1. The van der Waals surface area contributed by atoms with E-state index in [1.54, 1.807) is 0 Å². The summed E-state index contributed by atoms with van der Waals surface area (Å²) in [5.74, 6) is 7.11. The summed E-state index contributed by atoms with van der Waals surface area (Å²) >= 11 is 12.0. The summed E-state index contributed by atoms with van der Waals surface area (Å²) in [4.78, 5) is 2.40. The summed E-state index contributed by atoms with van der Waals surface area (Å²) in [6.07, 6.45) is 2.43. The minimum Gasteiger partial charge on any atom is -0.374 e. The molecular weight excluding hydrogens is 439 g/mol. The van der Waals surface area contributed by atoms with E-state index in [0.29, 0.717) is 18.5 Å². The molecule has 1 aliphatic rings. The summed E-state index contributed by atoms with van der Waals surface area (Å²) in [5.41, 5.74) is 4.50. The van der Waals surface area contributed by atoms with Gasteiger partial charge in [-0.3, -0.25) is 0 Å².